The van der Waals surface area contributed by atoms with E-state index in [1.54, 1.807) is 38.3 Å². The van der Waals surface area contributed by atoms with Crippen LogP contribution in [0, 0.1) is 0 Å². The molecule has 0 spiro atoms. The van der Waals surface area contributed by atoms with Gasteiger partial charge in [0.05, 0.1) is 19.7 Å². The molecule has 0 saturated carbocycles. The third-order valence-corrected chi connectivity index (χ3v) is 4.55. The Balaban J connectivity index is 0.00000320. The average molecular weight is 432 g/mol. The van der Waals surface area contributed by atoms with Gasteiger partial charge in [0.2, 0.25) is 5.95 Å². The predicted octanol–water partition coefficient (Wildman–Crippen LogP) is 3.23. The molecule has 0 aliphatic carbocycles. The molecule has 0 unspecified atom stereocenters. The van der Waals surface area contributed by atoms with E-state index in [2.05, 4.69) is 15.3 Å². The van der Waals surface area contributed by atoms with Gasteiger partial charge in [-0.05, 0) is 24.6 Å². The van der Waals surface area contributed by atoms with Crippen LogP contribution in [0.2, 0.25) is 0 Å². The second-order valence-electron chi connectivity index (χ2n) is 6.53. The van der Waals surface area contributed by atoms with Gasteiger partial charge >= 0.3 is 0 Å². The van der Waals surface area contributed by atoms with Crippen molar-refractivity contribution >= 4 is 41.0 Å². The summed E-state index contributed by atoms with van der Waals surface area (Å²) >= 11 is 0. The Morgan fingerprint density at radius 3 is 2.43 bits per heavy atom. The number of halogens is 1. The van der Waals surface area contributed by atoms with E-state index in [0.29, 0.717) is 52.8 Å². The number of nitrogens with one attached hydrogen (secondary N) is 1. The molecule has 160 valence electrons. The summed E-state index contributed by atoms with van der Waals surface area (Å²) in [6, 6.07) is 12.8. The topological polar surface area (TPSA) is 103 Å². The first-order valence-corrected chi connectivity index (χ1v) is 9.27. The number of carbonyl (C=O) groups excluding carboxylic acids is 1. The molecule has 9 heteroatoms. The number of aromatic nitrogens is 2. The maximum Gasteiger partial charge on any atom is 0.253 e. The predicted molar refractivity (Wildman–Crippen MR) is 121 cm³/mol. The second-order valence-corrected chi connectivity index (χ2v) is 6.53. The van der Waals surface area contributed by atoms with Crippen LogP contribution in [0.5, 0.6) is 11.5 Å². The Morgan fingerprint density at radius 2 is 1.77 bits per heavy atom. The fourth-order valence-electron chi connectivity index (χ4n) is 2.98. The van der Waals surface area contributed by atoms with Gasteiger partial charge < -0.3 is 25.4 Å². The zero-order valence-corrected chi connectivity index (χ0v) is 18.0. The largest absolute Gasteiger partial charge is 0.493 e. The van der Waals surface area contributed by atoms with Crippen LogP contribution in [0.1, 0.15) is 16.8 Å². The molecule has 1 heterocycles. The van der Waals surface area contributed by atoms with E-state index in [1.165, 1.54) is 0 Å². The molecule has 0 radical (unpaired) electrons. The van der Waals surface area contributed by atoms with Crippen LogP contribution >= 0.6 is 12.4 Å². The maximum absolute atomic E-state index is 12.4. The lowest BCUT2D eigenvalue weighted by Crippen LogP contribution is -2.28. The molecule has 0 aliphatic heterocycles. The van der Waals surface area contributed by atoms with Crippen LogP contribution in [0.4, 0.5) is 11.8 Å². The van der Waals surface area contributed by atoms with Crippen LogP contribution in [0.3, 0.4) is 0 Å². The van der Waals surface area contributed by atoms with Crippen LogP contribution in [-0.4, -0.2) is 55.1 Å². The molecule has 8 nitrogen and oxygen atoms in total. The van der Waals surface area contributed by atoms with Gasteiger partial charge in [0.25, 0.3) is 5.91 Å². The average Bonchev–Trinajstić information content (AvgIpc) is 2.75. The monoisotopic (exact) mass is 431 g/mol. The van der Waals surface area contributed by atoms with E-state index in [9.17, 15) is 4.79 Å². The number of rotatable bonds is 8. The molecular weight excluding hydrogens is 406 g/mol. The Bertz CT molecular complexity index is 1000. The fraction of sp³-hybridized carbons (Fsp3) is 0.286. The Morgan fingerprint density at radius 1 is 1.10 bits per heavy atom. The van der Waals surface area contributed by atoms with Gasteiger partial charge in [0.15, 0.2) is 11.5 Å². The van der Waals surface area contributed by atoms with Gasteiger partial charge in [0, 0.05) is 37.2 Å². The van der Waals surface area contributed by atoms with Crippen molar-refractivity contribution in [3.63, 3.8) is 0 Å². The molecule has 0 atom stereocenters. The Labute approximate surface area is 181 Å². The number of nitrogen functional groups attached to an aromatic ring is 1. The number of amides is 1. The summed E-state index contributed by atoms with van der Waals surface area (Å²) in [5, 5.41) is 3.86. The summed E-state index contributed by atoms with van der Waals surface area (Å²) in [4.78, 5) is 22.9. The first kappa shape index (κ1) is 23.0. The number of methoxy groups -OCH3 is 2. The minimum absolute atomic E-state index is 0. The molecule has 0 bridgehead atoms. The Kier molecular flexibility index (Phi) is 8.06. The quantitative estimate of drug-likeness (QED) is 0.528. The molecule has 2 aromatic carbocycles. The summed E-state index contributed by atoms with van der Waals surface area (Å²) in [7, 11) is 4.93. The van der Waals surface area contributed by atoms with E-state index >= 15 is 0 Å². The molecule has 3 N–H and O–H groups in total. The van der Waals surface area contributed by atoms with Crippen LogP contribution < -0.4 is 20.5 Å². The normalized spacial score (nSPS) is 10.2. The maximum atomic E-state index is 12.4. The number of fused-ring (bicyclic) bond motifs is 1. The van der Waals surface area contributed by atoms with Gasteiger partial charge in [-0.2, -0.15) is 4.98 Å². The molecule has 30 heavy (non-hydrogen) atoms. The summed E-state index contributed by atoms with van der Waals surface area (Å²) in [6.07, 6.45) is 0.738. The number of nitrogens with two attached hydrogens (primary N) is 1. The van der Waals surface area contributed by atoms with Crippen molar-refractivity contribution in [3.8, 4) is 11.5 Å². The summed E-state index contributed by atoms with van der Waals surface area (Å²) in [6.45, 7) is 1.21. The zero-order chi connectivity index (χ0) is 20.8. The van der Waals surface area contributed by atoms with Gasteiger partial charge in [-0.3, -0.25) is 4.79 Å². The van der Waals surface area contributed by atoms with Gasteiger partial charge in [0.1, 0.15) is 5.82 Å². The van der Waals surface area contributed by atoms with Crippen molar-refractivity contribution in [1.82, 2.24) is 14.9 Å². The third kappa shape index (κ3) is 5.21. The highest BCUT2D eigenvalue weighted by Gasteiger charge is 2.13. The Hall–Kier alpha value is -3.26. The first-order chi connectivity index (χ1) is 14.0. The second kappa shape index (κ2) is 10.5. The smallest absolute Gasteiger partial charge is 0.253 e. The van der Waals surface area contributed by atoms with E-state index in [0.717, 1.165) is 6.42 Å². The minimum Gasteiger partial charge on any atom is -0.493 e. The lowest BCUT2D eigenvalue weighted by Gasteiger charge is -2.17. The fourth-order valence-corrected chi connectivity index (χ4v) is 2.98. The third-order valence-electron chi connectivity index (χ3n) is 4.55. The van der Waals surface area contributed by atoms with Crippen molar-refractivity contribution in [2.24, 2.45) is 0 Å². The molecule has 3 rings (SSSR count). The number of hydrogen-bond donors (Lipinski definition) is 2. The van der Waals surface area contributed by atoms with Crippen molar-refractivity contribution in [1.29, 1.82) is 0 Å². The van der Waals surface area contributed by atoms with E-state index < -0.39 is 0 Å². The first-order valence-electron chi connectivity index (χ1n) is 9.27. The molecular formula is C21H26ClN5O3. The van der Waals surface area contributed by atoms with Crippen LogP contribution in [-0.2, 0) is 0 Å². The lowest BCUT2D eigenvalue weighted by atomic mass is 10.2. The van der Waals surface area contributed by atoms with E-state index in [1.807, 2.05) is 30.3 Å². The number of nitrogens with zero attached hydrogens (tertiary/aromatic N) is 3. The SMILES string of the molecule is COc1cc2nc(NCCCN(C)C(=O)c3ccccc3)nc(N)c2cc1OC.Cl. The molecule has 0 saturated heterocycles. The highest BCUT2D eigenvalue weighted by atomic mass is 35.5. The molecule has 0 fully saturated rings. The summed E-state index contributed by atoms with van der Waals surface area (Å²) in [5.74, 6) is 1.93. The number of anilines is 2. The van der Waals surface area contributed by atoms with Gasteiger partial charge in [-0.1, -0.05) is 18.2 Å². The molecule has 3 aromatic rings. The van der Waals surface area contributed by atoms with Gasteiger partial charge in [-0.25, -0.2) is 4.98 Å². The molecule has 1 aromatic heterocycles. The standard InChI is InChI=1S/C21H25N5O3.ClH/c1-26(20(27)14-8-5-4-6-9-14)11-7-10-23-21-24-16-13-18(29-3)17(28-2)12-15(16)19(22)25-21;/h4-6,8-9,12-13H,7,10-11H2,1-3H3,(H3,22,23,24,25);1H. The molecule has 0 aliphatic rings. The van der Waals surface area contributed by atoms with Crippen LogP contribution in [0.15, 0.2) is 42.5 Å². The van der Waals surface area contributed by atoms with Crippen molar-refractivity contribution < 1.29 is 14.3 Å². The summed E-state index contributed by atoms with van der Waals surface area (Å²) < 4.78 is 10.6. The number of carbonyl (C=O) groups is 1. The highest BCUT2D eigenvalue weighted by Crippen LogP contribution is 2.33. The summed E-state index contributed by atoms with van der Waals surface area (Å²) in [5.41, 5.74) is 7.43. The van der Waals surface area contributed by atoms with Crippen molar-refractivity contribution in [3.05, 3.63) is 48.0 Å². The highest BCUT2D eigenvalue weighted by molar-refractivity contribution is 5.94. The number of hydrogen-bond acceptors (Lipinski definition) is 7. The van der Waals surface area contributed by atoms with E-state index in [4.69, 9.17) is 15.2 Å². The van der Waals surface area contributed by atoms with Crippen molar-refractivity contribution in [2.75, 3.05) is 45.4 Å². The number of benzene rings is 2. The molecule has 1 amide bonds. The van der Waals surface area contributed by atoms with Crippen LogP contribution in [0.25, 0.3) is 10.9 Å². The minimum atomic E-state index is -0.00200. The van der Waals surface area contributed by atoms with E-state index in [-0.39, 0.29) is 18.3 Å². The zero-order valence-electron chi connectivity index (χ0n) is 17.2. The van der Waals surface area contributed by atoms with Gasteiger partial charge in [-0.15, -0.1) is 12.4 Å². The lowest BCUT2D eigenvalue weighted by molar-refractivity contribution is 0.0794. The van der Waals surface area contributed by atoms with Crippen molar-refractivity contribution in [2.45, 2.75) is 6.42 Å². The number of ether oxygens (including phenoxy) is 2.